The Bertz CT molecular complexity index is 737. The summed E-state index contributed by atoms with van der Waals surface area (Å²) in [5.41, 5.74) is 5.85. The summed E-state index contributed by atoms with van der Waals surface area (Å²) in [6.45, 7) is 4.14. The van der Waals surface area contributed by atoms with Gasteiger partial charge in [-0.25, -0.2) is 8.78 Å². The molecule has 0 bridgehead atoms. The molecule has 1 amide bonds. The van der Waals surface area contributed by atoms with Crippen LogP contribution in [-0.2, 0) is 4.79 Å². The van der Waals surface area contributed by atoms with Crippen LogP contribution < -0.4 is 11.1 Å². The molecule has 0 aromatic carbocycles. The molecule has 2 saturated heterocycles. The van der Waals surface area contributed by atoms with Crippen LogP contribution in [0.3, 0.4) is 0 Å². The topological polar surface area (TPSA) is 101 Å². The van der Waals surface area contributed by atoms with E-state index in [1.165, 1.54) is 11.1 Å². The van der Waals surface area contributed by atoms with Crippen molar-refractivity contribution >= 4 is 18.0 Å². The summed E-state index contributed by atoms with van der Waals surface area (Å²) in [5.74, 6) is -0.233. The van der Waals surface area contributed by atoms with Crippen LogP contribution in [0.15, 0.2) is 28.8 Å². The van der Waals surface area contributed by atoms with Crippen molar-refractivity contribution in [1.82, 2.24) is 20.1 Å². The van der Waals surface area contributed by atoms with Crippen molar-refractivity contribution in [1.29, 1.82) is 5.41 Å². The van der Waals surface area contributed by atoms with Gasteiger partial charge in [0.15, 0.2) is 0 Å². The van der Waals surface area contributed by atoms with Crippen molar-refractivity contribution in [2.45, 2.75) is 51.6 Å². The molecule has 3 aliphatic heterocycles. The third-order valence-electron chi connectivity index (χ3n) is 5.91. The summed E-state index contributed by atoms with van der Waals surface area (Å²) in [7, 11) is 0. The summed E-state index contributed by atoms with van der Waals surface area (Å²) < 4.78 is 26.1. The SMILES string of the molecule is CCN(/N=C\N)/C(=C\C(=N)C(F)F)[C@H]1CCCN(C(=O)C2=CNC3CCCCN23)C1. The van der Waals surface area contributed by atoms with E-state index in [-0.39, 0.29) is 18.0 Å². The van der Waals surface area contributed by atoms with Crippen LogP contribution in [0.5, 0.6) is 0 Å². The molecule has 0 radical (unpaired) electrons. The van der Waals surface area contributed by atoms with E-state index >= 15 is 0 Å². The highest BCUT2D eigenvalue weighted by Gasteiger charge is 2.36. The predicted molar refractivity (Wildman–Crippen MR) is 112 cm³/mol. The van der Waals surface area contributed by atoms with Gasteiger partial charge in [0, 0.05) is 44.0 Å². The van der Waals surface area contributed by atoms with Crippen LogP contribution >= 0.6 is 0 Å². The van der Waals surface area contributed by atoms with Crippen LogP contribution in [0, 0.1) is 11.3 Å². The van der Waals surface area contributed by atoms with Crippen molar-refractivity contribution in [2.75, 3.05) is 26.2 Å². The van der Waals surface area contributed by atoms with Gasteiger partial charge in [0.1, 0.15) is 12.0 Å². The van der Waals surface area contributed by atoms with Crippen LogP contribution in [0.2, 0.25) is 0 Å². The smallest absolute Gasteiger partial charge is 0.279 e. The average molecular weight is 424 g/mol. The van der Waals surface area contributed by atoms with Crippen molar-refractivity contribution in [3.8, 4) is 0 Å². The van der Waals surface area contributed by atoms with Gasteiger partial charge in [-0.15, -0.1) is 0 Å². The minimum Gasteiger partial charge on any atom is -0.388 e. The molecule has 166 valence electrons. The minimum absolute atomic E-state index is 0.0368. The second-order valence-corrected chi connectivity index (χ2v) is 7.80. The fourth-order valence-corrected chi connectivity index (χ4v) is 4.44. The van der Waals surface area contributed by atoms with Crippen molar-refractivity contribution in [3.05, 3.63) is 23.7 Å². The molecule has 10 heteroatoms. The number of rotatable bonds is 7. The number of halogens is 2. The number of amides is 1. The Labute approximate surface area is 175 Å². The Morgan fingerprint density at radius 3 is 2.90 bits per heavy atom. The average Bonchev–Trinajstić information content (AvgIpc) is 3.19. The van der Waals surface area contributed by atoms with Gasteiger partial charge in [0.2, 0.25) is 0 Å². The van der Waals surface area contributed by atoms with E-state index in [9.17, 15) is 13.6 Å². The van der Waals surface area contributed by atoms with E-state index in [4.69, 9.17) is 11.1 Å². The lowest BCUT2D eigenvalue weighted by Crippen LogP contribution is -2.47. The van der Waals surface area contributed by atoms with Crippen LogP contribution in [0.25, 0.3) is 0 Å². The lowest BCUT2D eigenvalue weighted by Gasteiger charge is -2.38. The fourth-order valence-electron chi connectivity index (χ4n) is 4.44. The van der Waals surface area contributed by atoms with Gasteiger partial charge >= 0.3 is 0 Å². The first-order valence-corrected chi connectivity index (χ1v) is 10.6. The quantitative estimate of drug-likeness (QED) is 0.330. The number of fused-ring (bicyclic) bond motifs is 1. The number of likely N-dealkylation sites (tertiary alicyclic amines) is 1. The molecule has 2 fully saturated rings. The minimum atomic E-state index is -2.87. The second kappa shape index (κ2) is 9.90. The maximum absolute atomic E-state index is 13.3. The van der Waals surface area contributed by atoms with Gasteiger partial charge in [0.25, 0.3) is 12.3 Å². The number of hydrogen-bond acceptors (Lipinski definition) is 6. The standard InChI is InChI=1S/C20H31F2N7O/c1-2-29(26-13-23)16(10-15(24)19(21)22)14-6-5-8-27(12-14)20(30)17-11-25-18-7-3-4-9-28(17)18/h10-11,13-14,18-19,24-25H,2-9,12H2,1H3,(H2,23,26)/b16-10-,24-15?/t14-,18?/m0/s1. The van der Waals surface area contributed by atoms with E-state index < -0.39 is 12.1 Å². The summed E-state index contributed by atoms with van der Waals surface area (Å²) >= 11 is 0. The molecule has 3 aliphatic rings. The molecule has 0 saturated carbocycles. The Kier molecular flexibility index (Phi) is 7.28. The highest BCUT2D eigenvalue weighted by molar-refractivity contribution is 5.95. The number of hydrogen-bond donors (Lipinski definition) is 3. The molecular weight excluding hydrogens is 392 g/mol. The van der Waals surface area contributed by atoms with Crippen LogP contribution in [0.1, 0.15) is 39.0 Å². The zero-order valence-corrected chi connectivity index (χ0v) is 17.4. The lowest BCUT2D eigenvalue weighted by molar-refractivity contribution is -0.130. The first-order chi connectivity index (χ1) is 14.5. The van der Waals surface area contributed by atoms with E-state index in [2.05, 4.69) is 15.3 Å². The number of nitrogens with one attached hydrogen (secondary N) is 2. The molecule has 0 aromatic rings. The molecule has 3 rings (SSSR count). The molecular formula is C20H31F2N7O. The van der Waals surface area contributed by atoms with Gasteiger partial charge in [-0.1, -0.05) is 0 Å². The zero-order valence-electron chi connectivity index (χ0n) is 17.4. The highest BCUT2D eigenvalue weighted by atomic mass is 19.3. The maximum atomic E-state index is 13.3. The van der Waals surface area contributed by atoms with E-state index in [1.54, 1.807) is 4.90 Å². The number of carbonyl (C=O) groups excluding carboxylic acids is 1. The maximum Gasteiger partial charge on any atom is 0.279 e. The Morgan fingerprint density at radius 2 is 2.20 bits per heavy atom. The van der Waals surface area contributed by atoms with Crippen LogP contribution in [-0.4, -0.2) is 71.5 Å². The van der Waals surface area contributed by atoms with Gasteiger partial charge in [-0.3, -0.25) is 15.2 Å². The normalized spacial score (nSPS) is 24.7. The number of piperidine rings is 2. The Morgan fingerprint density at radius 1 is 1.40 bits per heavy atom. The monoisotopic (exact) mass is 423 g/mol. The van der Waals surface area contributed by atoms with E-state index in [1.807, 2.05) is 13.1 Å². The molecule has 1 unspecified atom stereocenters. The Balaban J connectivity index is 1.78. The molecule has 8 nitrogen and oxygen atoms in total. The lowest BCUT2D eigenvalue weighted by atomic mass is 9.93. The largest absolute Gasteiger partial charge is 0.388 e. The molecule has 0 aliphatic carbocycles. The van der Waals surface area contributed by atoms with Gasteiger partial charge in [0.05, 0.1) is 11.9 Å². The highest BCUT2D eigenvalue weighted by Crippen LogP contribution is 2.30. The third-order valence-corrected chi connectivity index (χ3v) is 5.91. The van der Waals surface area contributed by atoms with Crippen LogP contribution in [0.4, 0.5) is 8.78 Å². The molecule has 30 heavy (non-hydrogen) atoms. The summed E-state index contributed by atoms with van der Waals surface area (Å²) in [6.07, 6.45) is 6.13. The van der Waals surface area contributed by atoms with Crippen molar-refractivity contribution in [3.63, 3.8) is 0 Å². The van der Waals surface area contributed by atoms with Gasteiger partial charge in [-0.2, -0.15) is 5.10 Å². The zero-order chi connectivity index (χ0) is 21.7. The molecule has 0 aromatic heterocycles. The number of carbonyl (C=O) groups is 1. The predicted octanol–water partition coefficient (Wildman–Crippen LogP) is 1.87. The fraction of sp³-hybridized carbons (Fsp3) is 0.650. The van der Waals surface area contributed by atoms with Crippen molar-refractivity contribution < 1.29 is 13.6 Å². The molecule has 3 heterocycles. The third kappa shape index (κ3) is 4.73. The van der Waals surface area contributed by atoms with Gasteiger partial charge in [-0.05, 0) is 45.1 Å². The molecule has 2 atom stereocenters. The molecule has 4 N–H and O–H groups in total. The second-order valence-electron chi connectivity index (χ2n) is 7.80. The number of alkyl halides is 2. The summed E-state index contributed by atoms with van der Waals surface area (Å²) in [6, 6.07) is 0. The van der Waals surface area contributed by atoms with E-state index in [0.29, 0.717) is 31.0 Å². The number of allylic oxidation sites excluding steroid dienone is 1. The van der Waals surface area contributed by atoms with E-state index in [0.717, 1.165) is 45.0 Å². The summed E-state index contributed by atoms with van der Waals surface area (Å²) in [4.78, 5) is 17.2. The molecule has 0 spiro atoms. The van der Waals surface area contributed by atoms with Crippen molar-refractivity contribution in [2.24, 2.45) is 16.8 Å². The number of nitrogens with zero attached hydrogens (tertiary/aromatic N) is 4. The van der Waals surface area contributed by atoms with Gasteiger partial charge < -0.3 is 20.9 Å². The first-order valence-electron chi connectivity index (χ1n) is 10.6. The first kappa shape index (κ1) is 22.0. The summed E-state index contributed by atoms with van der Waals surface area (Å²) in [5, 5.41) is 16.5. The number of hydrazone groups is 1. The Hall–Kier alpha value is -2.65. The number of nitrogens with two attached hydrogens (primary N) is 1.